The summed E-state index contributed by atoms with van der Waals surface area (Å²) in [7, 11) is 0. The van der Waals surface area contributed by atoms with Crippen LogP contribution in [-0.4, -0.2) is 29.9 Å². The van der Waals surface area contributed by atoms with Crippen LogP contribution in [0.5, 0.6) is 0 Å². The van der Waals surface area contributed by atoms with Gasteiger partial charge in [0.05, 0.1) is 14.9 Å². The Morgan fingerprint density at radius 1 is 1.13 bits per heavy atom. The van der Waals surface area contributed by atoms with Crippen LogP contribution in [0.1, 0.15) is 22.5 Å². The van der Waals surface area contributed by atoms with Gasteiger partial charge in [0.2, 0.25) is 0 Å². The lowest BCUT2D eigenvalue weighted by molar-refractivity contribution is 0.0719. The molecular formula is C16H17Cl3N2OS. The van der Waals surface area contributed by atoms with Gasteiger partial charge in [0, 0.05) is 24.0 Å². The summed E-state index contributed by atoms with van der Waals surface area (Å²) in [5, 5.41) is 1.05. The van der Waals surface area contributed by atoms with Gasteiger partial charge in [-0.25, -0.2) is 0 Å². The lowest BCUT2D eigenvalue weighted by Gasteiger charge is -2.29. The molecule has 0 atom stereocenters. The fourth-order valence-electron chi connectivity index (χ4n) is 2.52. The van der Waals surface area contributed by atoms with Crippen LogP contribution < -0.4 is 5.73 Å². The van der Waals surface area contributed by atoms with E-state index in [0.29, 0.717) is 10.0 Å². The van der Waals surface area contributed by atoms with E-state index < -0.39 is 0 Å². The van der Waals surface area contributed by atoms with Crippen molar-refractivity contribution in [1.29, 1.82) is 0 Å². The van der Waals surface area contributed by atoms with E-state index in [0.717, 1.165) is 41.2 Å². The molecule has 2 N–H and O–H groups in total. The fraction of sp³-hybridized carbons (Fsp3) is 0.312. The van der Waals surface area contributed by atoms with Crippen molar-refractivity contribution in [3.8, 4) is 10.4 Å². The van der Waals surface area contributed by atoms with Gasteiger partial charge in [-0.2, -0.15) is 0 Å². The third kappa shape index (κ3) is 4.20. The van der Waals surface area contributed by atoms with Crippen LogP contribution in [0.25, 0.3) is 10.4 Å². The number of amides is 1. The topological polar surface area (TPSA) is 46.3 Å². The van der Waals surface area contributed by atoms with Gasteiger partial charge in [-0.1, -0.05) is 29.3 Å². The van der Waals surface area contributed by atoms with E-state index >= 15 is 0 Å². The van der Waals surface area contributed by atoms with Crippen molar-refractivity contribution in [2.75, 3.05) is 13.1 Å². The number of carbonyl (C=O) groups excluding carboxylic acids is 1. The van der Waals surface area contributed by atoms with E-state index in [9.17, 15) is 4.79 Å². The van der Waals surface area contributed by atoms with Crippen LogP contribution >= 0.6 is 46.9 Å². The minimum Gasteiger partial charge on any atom is -0.338 e. The number of carbonyl (C=O) groups is 1. The Labute approximate surface area is 155 Å². The average Bonchev–Trinajstić information content (AvgIpc) is 3.00. The molecule has 7 heteroatoms. The first-order valence-electron chi connectivity index (χ1n) is 7.14. The van der Waals surface area contributed by atoms with Crippen LogP contribution in [0.2, 0.25) is 10.0 Å². The molecule has 0 spiro atoms. The molecule has 0 unspecified atom stereocenters. The number of benzene rings is 1. The summed E-state index contributed by atoms with van der Waals surface area (Å²) in [5.74, 6) is 0.0863. The normalized spacial score (nSPS) is 15.3. The smallest absolute Gasteiger partial charge is 0.263 e. The number of hydrogen-bond acceptors (Lipinski definition) is 3. The van der Waals surface area contributed by atoms with Crippen LogP contribution in [0, 0.1) is 0 Å². The third-order valence-corrected chi connectivity index (χ3v) is 5.71. The van der Waals surface area contributed by atoms with Crippen LogP contribution in [0.4, 0.5) is 0 Å². The van der Waals surface area contributed by atoms with Crippen molar-refractivity contribution < 1.29 is 4.79 Å². The molecule has 0 bridgehead atoms. The monoisotopic (exact) mass is 390 g/mol. The molecule has 1 aromatic carbocycles. The number of piperidine rings is 1. The Hall–Kier alpha value is -0.780. The van der Waals surface area contributed by atoms with Gasteiger partial charge in [0.15, 0.2) is 0 Å². The van der Waals surface area contributed by atoms with Crippen molar-refractivity contribution in [1.82, 2.24) is 4.90 Å². The van der Waals surface area contributed by atoms with Gasteiger partial charge >= 0.3 is 0 Å². The molecule has 124 valence electrons. The maximum atomic E-state index is 12.5. The molecule has 1 aliphatic rings. The molecule has 1 fully saturated rings. The maximum Gasteiger partial charge on any atom is 0.263 e. The first kappa shape index (κ1) is 18.6. The Morgan fingerprint density at radius 2 is 1.83 bits per heavy atom. The molecule has 3 rings (SSSR count). The highest BCUT2D eigenvalue weighted by molar-refractivity contribution is 7.17. The number of rotatable bonds is 2. The highest BCUT2D eigenvalue weighted by atomic mass is 35.5. The SMILES string of the molecule is Cl.NC1CCN(C(=O)c2ccc(-c3ccc(Cl)c(Cl)c3)s2)CC1. The van der Waals surface area contributed by atoms with Gasteiger partial charge < -0.3 is 10.6 Å². The standard InChI is InChI=1S/C16H16Cl2N2OS.ClH/c17-12-2-1-10(9-13(12)18)14-3-4-15(22-14)16(21)20-7-5-11(19)6-8-20;/h1-4,9,11H,5-8,19H2;1H. The molecule has 0 radical (unpaired) electrons. The molecule has 2 heterocycles. The molecule has 2 aromatic rings. The molecule has 0 aliphatic carbocycles. The van der Waals surface area contributed by atoms with E-state index in [1.54, 1.807) is 6.07 Å². The molecule has 1 saturated heterocycles. The predicted molar refractivity (Wildman–Crippen MR) is 100 cm³/mol. The number of thiophene rings is 1. The summed E-state index contributed by atoms with van der Waals surface area (Å²) in [6.45, 7) is 1.47. The van der Waals surface area contributed by atoms with Gasteiger partial charge in [-0.05, 0) is 42.7 Å². The molecule has 1 aromatic heterocycles. The molecule has 1 aliphatic heterocycles. The Bertz CT molecular complexity index is 696. The quantitative estimate of drug-likeness (QED) is 0.806. The van der Waals surface area contributed by atoms with Crippen LogP contribution in [-0.2, 0) is 0 Å². The number of likely N-dealkylation sites (tertiary alicyclic amines) is 1. The highest BCUT2D eigenvalue weighted by Crippen LogP contribution is 2.33. The first-order chi connectivity index (χ1) is 10.5. The summed E-state index contributed by atoms with van der Waals surface area (Å²) >= 11 is 13.5. The van der Waals surface area contributed by atoms with Gasteiger partial charge in [0.1, 0.15) is 0 Å². The lowest BCUT2D eigenvalue weighted by atomic mass is 10.1. The largest absolute Gasteiger partial charge is 0.338 e. The average molecular weight is 392 g/mol. The zero-order valence-electron chi connectivity index (χ0n) is 12.3. The number of nitrogens with zero attached hydrogens (tertiary/aromatic N) is 1. The maximum absolute atomic E-state index is 12.5. The van der Waals surface area contributed by atoms with E-state index in [2.05, 4.69) is 0 Å². The molecule has 3 nitrogen and oxygen atoms in total. The highest BCUT2D eigenvalue weighted by Gasteiger charge is 2.22. The van der Waals surface area contributed by atoms with Gasteiger partial charge in [-0.3, -0.25) is 4.79 Å². The van der Waals surface area contributed by atoms with Crippen molar-refractivity contribution in [3.05, 3.63) is 45.3 Å². The van der Waals surface area contributed by atoms with E-state index in [4.69, 9.17) is 28.9 Å². The second-order valence-corrected chi connectivity index (χ2v) is 7.32. The van der Waals surface area contributed by atoms with Gasteiger partial charge in [-0.15, -0.1) is 23.7 Å². The zero-order chi connectivity index (χ0) is 15.7. The minimum absolute atomic E-state index is 0. The Balaban J connectivity index is 0.00000192. The predicted octanol–water partition coefficient (Wildman–Crippen LogP) is 4.71. The lowest BCUT2D eigenvalue weighted by Crippen LogP contribution is -2.42. The summed E-state index contributed by atoms with van der Waals surface area (Å²) in [5.41, 5.74) is 6.86. The second-order valence-electron chi connectivity index (χ2n) is 5.42. The van der Waals surface area contributed by atoms with Gasteiger partial charge in [0.25, 0.3) is 5.91 Å². The summed E-state index contributed by atoms with van der Waals surface area (Å²) in [6.07, 6.45) is 1.74. The number of halogens is 3. The Morgan fingerprint density at radius 3 is 2.48 bits per heavy atom. The summed E-state index contributed by atoms with van der Waals surface area (Å²) in [4.78, 5) is 16.2. The number of hydrogen-bond donors (Lipinski definition) is 1. The van der Waals surface area contributed by atoms with Crippen molar-refractivity contribution in [3.63, 3.8) is 0 Å². The van der Waals surface area contributed by atoms with E-state index in [1.165, 1.54) is 11.3 Å². The summed E-state index contributed by atoms with van der Waals surface area (Å²) < 4.78 is 0. The van der Waals surface area contributed by atoms with Crippen LogP contribution in [0.3, 0.4) is 0 Å². The first-order valence-corrected chi connectivity index (χ1v) is 8.72. The van der Waals surface area contributed by atoms with E-state index in [1.807, 2.05) is 29.2 Å². The fourth-order valence-corrected chi connectivity index (χ4v) is 3.78. The Kier molecular flexibility index (Phi) is 6.34. The van der Waals surface area contributed by atoms with Crippen LogP contribution in [0.15, 0.2) is 30.3 Å². The van der Waals surface area contributed by atoms with Crippen molar-refractivity contribution >= 4 is 52.9 Å². The molecule has 0 saturated carbocycles. The molecule has 1 amide bonds. The van der Waals surface area contributed by atoms with Crippen molar-refractivity contribution in [2.24, 2.45) is 5.73 Å². The van der Waals surface area contributed by atoms with E-state index in [-0.39, 0.29) is 24.4 Å². The molecule has 23 heavy (non-hydrogen) atoms. The molecular weight excluding hydrogens is 375 g/mol. The second kappa shape index (κ2) is 7.86. The third-order valence-electron chi connectivity index (χ3n) is 3.85. The number of nitrogens with two attached hydrogens (primary N) is 1. The zero-order valence-corrected chi connectivity index (χ0v) is 15.4. The summed E-state index contributed by atoms with van der Waals surface area (Å²) in [6, 6.07) is 9.55. The minimum atomic E-state index is 0. The van der Waals surface area contributed by atoms with Crippen molar-refractivity contribution in [2.45, 2.75) is 18.9 Å².